The summed E-state index contributed by atoms with van der Waals surface area (Å²) >= 11 is 0. The molecule has 0 amide bonds. The molecule has 0 unspecified atom stereocenters. The second-order valence-corrected chi connectivity index (χ2v) is 6.10. The molecule has 0 bridgehead atoms. The molecule has 0 aliphatic heterocycles. The third-order valence-corrected chi connectivity index (χ3v) is 3.90. The molecule has 0 saturated heterocycles. The van der Waals surface area contributed by atoms with Crippen molar-refractivity contribution in [1.29, 1.82) is 0 Å². The zero-order valence-electron chi connectivity index (χ0n) is 11.6. The first kappa shape index (κ1) is 15.8. The molecule has 1 N–H and O–H groups in total. The third kappa shape index (κ3) is 5.48. The monoisotopic (exact) mass is 287 g/mol. The Morgan fingerprint density at radius 3 is 2.63 bits per heavy atom. The van der Waals surface area contributed by atoms with E-state index >= 15 is 0 Å². The first-order chi connectivity index (χ1) is 8.98. The van der Waals surface area contributed by atoms with Gasteiger partial charge in [-0.3, -0.25) is 4.72 Å². The number of rotatable bonds is 8. The van der Waals surface area contributed by atoms with Crippen LogP contribution in [-0.4, -0.2) is 34.5 Å². The zero-order chi connectivity index (χ0) is 14.3. The highest BCUT2D eigenvalue weighted by molar-refractivity contribution is 7.92. The van der Waals surface area contributed by atoms with Crippen molar-refractivity contribution in [3.8, 4) is 5.75 Å². The second-order valence-electron chi connectivity index (χ2n) is 4.26. The maximum absolute atomic E-state index is 11.8. The van der Waals surface area contributed by atoms with Crippen LogP contribution in [0.15, 0.2) is 18.2 Å². The molecule has 0 heterocycles. The number of hydrogen-bond donors (Lipinski definition) is 1. The zero-order valence-corrected chi connectivity index (χ0v) is 12.4. The molecule has 0 aromatic heterocycles. The van der Waals surface area contributed by atoms with Crippen molar-refractivity contribution in [1.82, 2.24) is 0 Å². The molecule has 108 valence electrons. The average Bonchev–Trinajstić information content (AvgIpc) is 2.32. The molecular formula is C13H21NO4S. The molecule has 0 aliphatic carbocycles. The topological polar surface area (TPSA) is 64.6 Å². The molecule has 6 heteroatoms. The molecule has 1 rings (SSSR count). The Bertz CT molecular complexity index is 499. The SMILES string of the molecule is CCCS(=O)(=O)Nc1ccc(C)cc1OCCOC. The van der Waals surface area contributed by atoms with Crippen LogP contribution in [0.1, 0.15) is 18.9 Å². The molecule has 0 radical (unpaired) electrons. The Kier molecular flexibility index (Phi) is 6.11. The van der Waals surface area contributed by atoms with Crippen molar-refractivity contribution < 1.29 is 17.9 Å². The Hall–Kier alpha value is -1.27. The molecule has 0 atom stereocenters. The number of anilines is 1. The van der Waals surface area contributed by atoms with Gasteiger partial charge in [0.15, 0.2) is 0 Å². The fourth-order valence-corrected chi connectivity index (χ4v) is 2.70. The van der Waals surface area contributed by atoms with Crippen molar-refractivity contribution in [2.24, 2.45) is 0 Å². The minimum Gasteiger partial charge on any atom is -0.489 e. The fourth-order valence-electron chi connectivity index (χ4n) is 1.56. The van der Waals surface area contributed by atoms with Gasteiger partial charge in [0.25, 0.3) is 0 Å². The molecule has 0 fully saturated rings. The van der Waals surface area contributed by atoms with Gasteiger partial charge >= 0.3 is 0 Å². The molecule has 1 aromatic carbocycles. The van der Waals surface area contributed by atoms with Gasteiger partial charge in [-0.1, -0.05) is 13.0 Å². The van der Waals surface area contributed by atoms with Gasteiger partial charge in [0.2, 0.25) is 10.0 Å². The first-order valence-electron chi connectivity index (χ1n) is 6.21. The minimum absolute atomic E-state index is 0.0956. The third-order valence-electron chi connectivity index (χ3n) is 2.42. The van der Waals surface area contributed by atoms with Gasteiger partial charge in [0.05, 0.1) is 18.0 Å². The standard InChI is InChI=1S/C13H21NO4S/c1-4-9-19(15,16)14-12-6-5-11(2)10-13(12)18-8-7-17-3/h5-6,10,14H,4,7-9H2,1-3H3. The van der Waals surface area contributed by atoms with Gasteiger partial charge in [-0.2, -0.15) is 0 Å². The van der Waals surface area contributed by atoms with E-state index in [4.69, 9.17) is 9.47 Å². The van der Waals surface area contributed by atoms with Crippen LogP contribution in [-0.2, 0) is 14.8 Å². The quantitative estimate of drug-likeness (QED) is 0.744. The largest absolute Gasteiger partial charge is 0.489 e. The molecular weight excluding hydrogens is 266 g/mol. The Balaban J connectivity index is 2.87. The van der Waals surface area contributed by atoms with Crippen LogP contribution in [0.25, 0.3) is 0 Å². The highest BCUT2D eigenvalue weighted by Crippen LogP contribution is 2.26. The van der Waals surface area contributed by atoms with Gasteiger partial charge in [-0.05, 0) is 31.0 Å². The Morgan fingerprint density at radius 1 is 1.26 bits per heavy atom. The predicted octanol–water partition coefficient (Wildman–Crippen LogP) is 2.17. The Labute approximate surface area is 115 Å². The lowest BCUT2D eigenvalue weighted by Gasteiger charge is -2.14. The summed E-state index contributed by atoms with van der Waals surface area (Å²) in [7, 11) is -1.72. The lowest BCUT2D eigenvalue weighted by molar-refractivity contribution is 0.146. The maximum Gasteiger partial charge on any atom is 0.232 e. The van der Waals surface area contributed by atoms with E-state index < -0.39 is 10.0 Å². The first-order valence-corrected chi connectivity index (χ1v) is 7.86. The summed E-state index contributed by atoms with van der Waals surface area (Å²) in [6.45, 7) is 4.58. The molecule has 0 spiro atoms. The van der Waals surface area contributed by atoms with E-state index in [1.165, 1.54) is 0 Å². The van der Waals surface area contributed by atoms with Gasteiger partial charge in [-0.15, -0.1) is 0 Å². The number of benzene rings is 1. The summed E-state index contributed by atoms with van der Waals surface area (Å²) in [6, 6.07) is 5.36. The average molecular weight is 287 g/mol. The number of methoxy groups -OCH3 is 1. The molecule has 5 nitrogen and oxygen atoms in total. The summed E-state index contributed by atoms with van der Waals surface area (Å²) in [4.78, 5) is 0. The van der Waals surface area contributed by atoms with E-state index in [1.807, 2.05) is 19.9 Å². The van der Waals surface area contributed by atoms with E-state index in [1.54, 1.807) is 19.2 Å². The highest BCUT2D eigenvalue weighted by atomic mass is 32.2. The summed E-state index contributed by atoms with van der Waals surface area (Å²) in [5.74, 6) is 0.620. The van der Waals surface area contributed by atoms with Crippen LogP contribution in [0.4, 0.5) is 5.69 Å². The smallest absolute Gasteiger partial charge is 0.232 e. The van der Waals surface area contributed by atoms with Crippen molar-refractivity contribution >= 4 is 15.7 Å². The van der Waals surface area contributed by atoms with Gasteiger partial charge in [-0.25, -0.2) is 8.42 Å². The van der Waals surface area contributed by atoms with Crippen LogP contribution in [0, 0.1) is 6.92 Å². The van der Waals surface area contributed by atoms with E-state index in [-0.39, 0.29) is 5.75 Å². The van der Waals surface area contributed by atoms with Crippen LogP contribution < -0.4 is 9.46 Å². The van der Waals surface area contributed by atoms with Crippen molar-refractivity contribution in [3.05, 3.63) is 23.8 Å². The lowest BCUT2D eigenvalue weighted by Crippen LogP contribution is -2.17. The maximum atomic E-state index is 11.8. The lowest BCUT2D eigenvalue weighted by atomic mass is 10.2. The number of hydrogen-bond acceptors (Lipinski definition) is 4. The Morgan fingerprint density at radius 2 is 2.00 bits per heavy atom. The normalized spacial score (nSPS) is 11.3. The van der Waals surface area contributed by atoms with Crippen LogP contribution in [0.2, 0.25) is 0 Å². The molecule has 0 aliphatic rings. The van der Waals surface area contributed by atoms with Gasteiger partial charge in [0, 0.05) is 7.11 Å². The van der Waals surface area contributed by atoms with Crippen molar-refractivity contribution in [2.45, 2.75) is 20.3 Å². The van der Waals surface area contributed by atoms with E-state index in [0.717, 1.165) is 5.56 Å². The number of sulfonamides is 1. The van der Waals surface area contributed by atoms with Crippen LogP contribution in [0.3, 0.4) is 0 Å². The van der Waals surface area contributed by atoms with Crippen molar-refractivity contribution in [3.63, 3.8) is 0 Å². The highest BCUT2D eigenvalue weighted by Gasteiger charge is 2.12. The number of ether oxygens (including phenoxy) is 2. The molecule has 19 heavy (non-hydrogen) atoms. The summed E-state index contributed by atoms with van der Waals surface area (Å²) < 4.78 is 36.5. The summed E-state index contributed by atoms with van der Waals surface area (Å²) in [5, 5.41) is 0. The van der Waals surface area contributed by atoms with E-state index in [0.29, 0.717) is 31.1 Å². The molecule has 0 saturated carbocycles. The van der Waals surface area contributed by atoms with Gasteiger partial charge < -0.3 is 9.47 Å². The van der Waals surface area contributed by atoms with E-state index in [2.05, 4.69) is 4.72 Å². The number of nitrogens with one attached hydrogen (secondary N) is 1. The number of aryl methyl sites for hydroxylation is 1. The fraction of sp³-hybridized carbons (Fsp3) is 0.538. The second kappa shape index (κ2) is 7.35. The van der Waals surface area contributed by atoms with Crippen LogP contribution >= 0.6 is 0 Å². The summed E-state index contributed by atoms with van der Waals surface area (Å²) in [6.07, 6.45) is 0.570. The van der Waals surface area contributed by atoms with E-state index in [9.17, 15) is 8.42 Å². The van der Waals surface area contributed by atoms with Gasteiger partial charge in [0.1, 0.15) is 12.4 Å². The molecule has 1 aromatic rings. The summed E-state index contributed by atoms with van der Waals surface area (Å²) in [5.41, 5.74) is 1.47. The minimum atomic E-state index is -3.31. The van der Waals surface area contributed by atoms with Crippen molar-refractivity contribution in [2.75, 3.05) is 30.8 Å². The van der Waals surface area contributed by atoms with Crippen LogP contribution in [0.5, 0.6) is 5.75 Å². The predicted molar refractivity (Wildman–Crippen MR) is 76.3 cm³/mol.